The van der Waals surface area contributed by atoms with E-state index in [0.29, 0.717) is 17.5 Å². The van der Waals surface area contributed by atoms with Gasteiger partial charge in [0.15, 0.2) is 0 Å². The van der Waals surface area contributed by atoms with Gasteiger partial charge in [-0.1, -0.05) is 0 Å². The van der Waals surface area contributed by atoms with Crippen LogP contribution in [0.3, 0.4) is 0 Å². The predicted molar refractivity (Wildman–Crippen MR) is 112 cm³/mol. The Kier molecular flexibility index (Phi) is 4.22. The predicted octanol–water partition coefficient (Wildman–Crippen LogP) is 2.75. The molecule has 0 bridgehead atoms. The second kappa shape index (κ2) is 6.76. The van der Waals surface area contributed by atoms with Gasteiger partial charge in [-0.3, -0.25) is 4.79 Å². The van der Waals surface area contributed by atoms with E-state index in [1.54, 1.807) is 0 Å². The quantitative estimate of drug-likeness (QED) is 0.636. The number of hydrogen-bond donors (Lipinski definition) is 2. The van der Waals surface area contributed by atoms with E-state index in [4.69, 9.17) is 16.1 Å². The van der Waals surface area contributed by atoms with Crippen molar-refractivity contribution in [3.8, 4) is 0 Å². The van der Waals surface area contributed by atoms with Crippen LogP contribution in [0.5, 0.6) is 0 Å². The van der Waals surface area contributed by atoms with E-state index in [0.717, 1.165) is 74.1 Å². The number of nitrogens with one attached hydrogen (secondary N) is 1. The lowest BCUT2D eigenvalue weighted by molar-refractivity contribution is -0.132. The number of nitrogens with zero attached hydrogens (tertiary/aromatic N) is 3. The summed E-state index contributed by atoms with van der Waals surface area (Å²) >= 11 is 0. The molecule has 6 heteroatoms. The Labute approximate surface area is 165 Å². The largest absolute Gasteiger partial charge is 0.398 e. The summed E-state index contributed by atoms with van der Waals surface area (Å²) in [6, 6.07) is 3.85. The second-order valence-corrected chi connectivity index (χ2v) is 8.29. The summed E-state index contributed by atoms with van der Waals surface area (Å²) in [5, 5.41) is 8.92. The van der Waals surface area contributed by atoms with Crippen molar-refractivity contribution in [1.82, 2.24) is 9.88 Å². The van der Waals surface area contributed by atoms with Crippen LogP contribution in [0.2, 0.25) is 0 Å². The van der Waals surface area contributed by atoms with Crippen molar-refractivity contribution < 1.29 is 4.79 Å². The van der Waals surface area contributed by atoms with Crippen LogP contribution in [-0.2, 0) is 17.6 Å². The minimum absolute atomic E-state index is 0.295. The standard InChI is InChI=1S/C22H27N5O/c23-13-17-18(24)7-8-19-20(17)15-3-1-2-4-16(15)21(25-19)26-9-11-27(12-10-26)22(28)14-5-6-14/h7-8,13-14,23H,1-6,9-12,24H2. The van der Waals surface area contributed by atoms with Gasteiger partial charge < -0.3 is 20.9 Å². The van der Waals surface area contributed by atoms with Crippen LogP contribution in [0.25, 0.3) is 10.9 Å². The van der Waals surface area contributed by atoms with Crippen LogP contribution < -0.4 is 10.6 Å². The highest BCUT2D eigenvalue weighted by Gasteiger charge is 2.35. The van der Waals surface area contributed by atoms with Crippen molar-refractivity contribution in [1.29, 1.82) is 5.41 Å². The number of benzene rings is 1. The lowest BCUT2D eigenvalue weighted by Crippen LogP contribution is -2.49. The maximum absolute atomic E-state index is 12.4. The number of rotatable bonds is 3. The van der Waals surface area contributed by atoms with Crippen molar-refractivity contribution in [3.05, 3.63) is 28.8 Å². The number of fused-ring (bicyclic) bond motifs is 3. The smallest absolute Gasteiger partial charge is 0.225 e. The summed E-state index contributed by atoms with van der Waals surface area (Å²) in [6.07, 6.45) is 7.90. The fourth-order valence-electron chi connectivity index (χ4n) is 4.79. The molecular formula is C22H27N5O. The molecule has 0 spiro atoms. The highest BCUT2D eigenvalue weighted by Crippen LogP contribution is 2.37. The van der Waals surface area contributed by atoms with Crippen molar-refractivity contribution in [3.63, 3.8) is 0 Å². The summed E-state index contributed by atoms with van der Waals surface area (Å²) in [5.41, 5.74) is 11.2. The topological polar surface area (TPSA) is 86.3 Å². The first-order chi connectivity index (χ1) is 13.7. The van der Waals surface area contributed by atoms with Gasteiger partial charge in [0, 0.05) is 54.9 Å². The van der Waals surface area contributed by atoms with Crippen LogP contribution >= 0.6 is 0 Å². The lowest BCUT2D eigenvalue weighted by atomic mass is 9.87. The summed E-state index contributed by atoms with van der Waals surface area (Å²) in [5.74, 6) is 1.73. The third-order valence-corrected chi connectivity index (χ3v) is 6.48. The first-order valence-corrected chi connectivity index (χ1v) is 10.5. The molecule has 146 valence electrons. The second-order valence-electron chi connectivity index (χ2n) is 8.29. The van der Waals surface area contributed by atoms with Crippen molar-refractivity contribution in [2.45, 2.75) is 38.5 Å². The Balaban J connectivity index is 1.52. The molecule has 2 heterocycles. The molecule has 1 saturated carbocycles. The number of carbonyl (C=O) groups excluding carboxylic acids is 1. The number of pyridine rings is 1. The summed E-state index contributed by atoms with van der Waals surface area (Å²) in [7, 11) is 0. The molecule has 2 fully saturated rings. The lowest BCUT2D eigenvalue weighted by Gasteiger charge is -2.37. The van der Waals surface area contributed by atoms with Gasteiger partial charge in [0.2, 0.25) is 5.91 Å². The van der Waals surface area contributed by atoms with Gasteiger partial charge >= 0.3 is 0 Å². The number of amides is 1. The molecule has 5 rings (SSSR count). The van der Waals surface area contributed by atoms with Gasteiger partial charge in [-0.2, -0.15) is 0 Å². The molecular weight excluding hydrogens is 350 g/mol. The molecule has 1 amide bonds. The minimum Gasteiger partial charge on any atom is -0.398 e. The third-order valence-electron chi connectivity index (χ3n) is 6.48. The molecule has 2 aromatic rings. The molecule has 0 radical (unpaired) electrons. The monoisotopic (exact) mass is 377 g/mol. The molecule has 3 N–H and O–H groups in total. The van der Waals surface area contributed by atoms with Crippen LogP contribution in [0.1, 0.15) is 42.4 Å². The van der Waals surface area contributed by atoms with E-state index < -0.39 is 0 Å². The average molecular weight is 377 g/mol. The van der Waals surface area contributed by atoms with Crippen molar-refractivity contribution in [2.24, 2.45) is 5.92 Å². The summed E-state index contributed by atoms with van der Waals surface area (Å²) in [6.45, 7) is 3.26. The highest BCUT2D eigenvalue weighted by atomic mass is 16.2. The van der Waals surface area contributed by atoms with Gasteiger partial charge in [-0.25, -0.2) is 4.98 Å². The number of nitrogen functional groups attached to an aromatic ring is 1. The zero-order valence-corrected chi connectivity index (χ0v) is 16.2. The molecule has 1 saturated heterocycles. The Morgan fingerprint density at radius 2 is 1.82 bits per heavy atom. The Hall–Kier alpha value is -2.63. The molecule has 0 unspecified atom stereocenters. The third kappa shape index (κ3) is 2.82. The van der Waals surface area contributed by atoms with Crippen LogP contribution in [0.15, 0.2) is 12.1 Å². The first kappa shape index (κ1) is 17.5. The van der Waals surface area contributed by atoms with Gasteiger partial charge in [-0.05, 0) is 61.8 Å². The van der Waals surface area contributed by atoms with E-state index in [1.807, 2.05) is 17.0 Å². The van der Waals surface area contributed by atoms with Crippen molar-refractivity contribution >= 4 is 34.5 Å². The number of carbonyl (C=O) groups is 1. The molecule has 1 aliphatic heterocycles. The van der Waals surface area contributed by atoms with Crippen LogP contribution in [-0.4, -0.2) is 48.2 Å². The minimum atomic E-state index is 0.295. The SMILES string of the molecule is N=Cc1c(N)ccc2nc(N3CCN(C(=O)C4CC4)CC3)c3c(c12)CCCC3. The molecule has 1 aromatic carbocycles. The zero-order chi connectivity index (χ0) is 19.3. The number of piperazine rings is 1. The number of aryl methyl sites for hydroxylation is 1. The zero-order valence-electron chi connectivity index (χ0n) is 16.2. The number of aromatic nitrogens is 1. The molecule has 0 atom stereocenters. The molecule has 3 aliphatic rings. The van der Waals surface area contributed by atoms with Gasteiger partial charge in [0.25, 0.3) is 0 Å². The summed E-state index contributed by atoms with van der Waals surface area (Å²) < 4.78 is 0. The summed E-state index contributed by atoms with van der Waals surface area (Å²) in [4.78, 5) is 21.8. The molecule has 28 heavy (non-hydrogen) atoms. The number of anilines is 2. The van der Waals surface area contributed by atoms with Crippen LogP contribution in [0, 0.1) is 11.3 Å². The maximum atomic E-state index is 12.4. The number of hydrogen-bond acceptors (Lipinski definition) is 5. The average Bonchev–Trinajstić information content (AvgIpc) is 3.58. The van der Waals surface area contributed by atoms with Crippen LogP contribution in [0.4, 0.5) is 11.5 Å². The van der Waals surface area contributed by atoms with E-state index in [-0.39, 0.29) is 0 Å². The Bertz CT molecular complexity index is 957. The Morgan fingerprint density at radius 1 is 1.11 bits per heavy atom. The Morgan fingerprint density at radius 3 is 2.50 bits per heavy atom. The highest BCUT2D eigenvalue weighted by molar-refractivity contribution is 6.05. The molecule has 1 aromatic heterocycles. The van der Waals surface area contributed by atoms with E-state index in [1.165, 1.54) is 30.2 Å². The van der Waals surface area contributed by atoms with Gasteiger partial charge in [0.1, 0.15) is 5.82 Å². The fraction of sp³-hybridized carbons (Fsp3) is 0.500. The van der Waals surface area contributed by atoms with Gasteiger partial charge in [0.05, 0.1) is 5.52 Å². The maximum Gasteiger partial charge on any atom is 0.225 e. The van der Waals surface area contributed by atoms with E-state index in [9.17, 15) is 4.79 Å². The normalized spacial score (nSPS) is 19.6. The molecule has 6 nitrogen and oxygen atoms in total. The van der Waals surface area contributed by atoms with E-state index in [2.05, 4.69) is 4.90 Å². The first-order valence-electron chi connectivity index (χ1n) is 10.5. The fourth-order valence-corrected chi connectivity index (χ4v) is 4.79. The number of nitrogens with two attached hydrogens (primary N) is 1. The van der Waals surface area contributed by atoms with E-state index >= 15 is 0 Å². The van der Waals surface area contributed by atoms with Crippen molar-refractivity contribution in [2.75, 3.05) is 36.8 Å². The molecule has 2 aliphatic carbocycles. The van der Waals surface area contributed by atoms with Gasteiger partial charge in [-0.15, -0.1) is 0 Å².